The van der Waals surface area contributed by atoms with Gasteiger partial charge in [0.15, 0.2) is 12.1 Å². The van der Waals surface area contributed by atoms with E-state index in [1.54, 1.807) is 6.20 Å². The third-order valence-electron chi connectivity index (χ3n) is 4.07. The minimum atomic E-state index is -0.114. The first-order chi connectivity index (χ1) is 10.6. The van der Waals surface area contributed by atoms with Gasteiger partial charge in [-0.3, -0.25) is 4.68 Å². The Kier molecular flexibility index (Phi) is 4.49. The first-order valence-electron chi connectivity index (χ1n) is 7.70. The second kappa shape index (κ2) is 6.54. The van der Waals surface area contributed by atoms with Gasteiger partial charge in [0.2, 0.25) is 0 Å². The van der Waals surface area contributed by atoms with Crippen LogP contribution in [0, 0.1) is 13.8 Å². The standard InChI is InChI=1S/C16H22N4O2/c1-11-8-17-16(19-12(11)2)13-9-18-20(3)14(13)10-22-15-6-4-5-7-21-15/h8-9,15H,4-7,10H2,1-3H3. The molecule has 1 unspecified atom stereocenters. The van der Waals surface area contributed by atoms with E-state index >= 15 is 0 Å². The van der Waals surface area contributed by atoms with E-state index in [1.165, 1.54) is 0 Å². The smallest absolute Gasteiger partial charge is 0.162 e. The van der Waals surface area contributed by atoms with E-state index in [4.69, 9.17) is 9.47 Å². The first-order valence-corrected chi connectivity index (χ1v) is 7.70. The fraction of sp³-hybridized carbons (Fsp3) is 0.562. The summed E-state index contributed by atoms with van der Waals surface area (Å²) in [6, 6.07) is 0. The average Bonchev–Trinajstić information content (AvgIpc) is 2.90. The van der Waals surface area contributed by atoms with Gasteiger partial charge >= 0.3 is 0 Å². The monoisotopic (exact) mass is 302 g/mol. The number of hydrogen-bond donors (Lipinski definition) is 0. The van der Waals surface area contributed by atoms with Gasteiger partial charge in [0, 0.05) is 25.5 Å². The highest BCUT2D eigenvalue weighted by molar-refractivity contribution is 5.57. The van der Waals surface area contributed by atoms with Gasteiger partial charge in [0.25, 0.3) is 0 Å². The SMILES string of the molecule is Cc1cnc(-c2cnn(C)c2COC2CCCCO2)nc1C. The summed E-state index contributed by atoms with van der Waals surface area (Å²) in [5.74, 6) is 0.694. The van der Waals surface area contributed by atoms with Crippen molar-refractivity contribution in [2.45, 2.75) is 46.0 Å². The van der Waals surface area contributed by atoms with Gasteiger partial charge in [0.05, 0.1) is 24.1 Å². The van der Waals surface area contributed by atoms with Crippen LogP contribution in [0.3, 0.4) is 0 Å². The van der Waals surface area contributed by atoms with E-state index in [1.807, 2.05) is 31.8 Å². The third kappa shape index (κ3) is 3.18. The maximum atomic E-state index is 5.89. The normalized spacial score (nSPS) is 18.6. The van der Waals surface area contributed by atoms with Crippen molar-refractivity contribution >= 4 is 0 Å². The number of nitrogens with zero attached hydrogens (tertiary/aromatic N) is 4. The molecule has 1 saturated heterocycles. The van der Waals surface area contributed by atoms with Crippen LogP contribution in [0.15, 0.2) is 12.4 Å². The molecule has 0 bridgehead atoms. The summed E-state index contributed by atoms with van der Waals surface area (Å²) in [5.41, 5.74) is 3.95. The molecular formula is C16H22N4O2. The zero-order valence-electron chi connectivity index (χ0n) is 13.4. The predicted molar refractivity (Wildman–Crippen MR) is 82.1 cm³/mol. The van der Waals surface area contributed by atoms with Crippen molar-refractivity contribution in [2.24, 2.45) is 7.05 Å². The minimum absolute atomic E-state index is 0.114. The van der Waals surface area contributed by atoms with Crippen LogP contribution in [0.5, 0.6) is 0 Å². The zero-order chi connectivity index (χ0) is 15.5. The Morgan fingerprint density at radius 2 is 2.18 bits per heavy atom. The van der Waals surface area contributed by atoms with Crippen molar-refractivity contribution in [1.29, 1.82) is 0 Å². The Hall–Kier alpha value is -1.79. The fourth-order valence-electron chi connectivity index (χ4n) is 2.49. The van der Waals surface area contributed by atoms with Crippen LogP contribution in [-0.4, -0.2) is 32.6 Å². The Morgan fingerprint density at radius 3 is 2.91 bits per heavy atom. The quantitative estimate of drug-likeness (QED) is 0.868. The highest BCUT2D eigenvalue weighted by atomic mass is 16.7. The van der Waals surface area contributed by atoms with Gasteiger partial charge < -0.3 is 9.47 Å². The molecule has 1 aliphatic heterocycles. The summed E-state index contributed by atoms with van der Waals surface area (Å²) >= 11 is 0. The number of aryl methyl sites for hydroxylation is 3. The van der Waals surface area contributed by atoms with Crippen LogP contribution in [0.2, 0.25) is 0 Å². The molecule has 2 aromatic rings. The highest BCUT2D eigenvalue weighted by Crippen LogP contribution is 2.23. The summed E-state index contributed by atoms with van der Waals surface area (Å²) in [7, 11) is 1.91. The van der Waals surface area contributed by atoms with E-state index < -0.39 is 0 Å². The number of rotatable bonds is 4. The molecule has 0 radical (unpaired) electrons. The molecule has 1 atom stereocenters. The van der Waals surface area contributed by atoms with Gasteiger partial charge in [-0.05, 0) is 38.7 Å². The first kappa shape index (κ1) is 15.1. The largest absolute Gasteiger partial charge is 0.353 e. The van der Waals surface area contributed by atoms with Crippen LogP contribution in [0.4, 0.5) is 0 Å². The molecule has 1 fully saturated rings. The Balaban J connectivity index is 1.79. The predicted octanol–water partition coefficient (Wildman–Crippen LogP) is 2.54. The number of ether oxygens (including phenoxy) is 2. The van der Waals surface area contributed by atoms with E-state index in [9.17, 15) is 0 Å². The average molecular weight is 302 g/mol. The van der Waals surface area contributed by atoms with Crippen molar-refractivity contribution < 1.29 is 9.47 Å². The minimum Gasteiger partial charge on any atom is -0.353 e. The molecule has 22 heavy (non-hydrogen) atoms. The van der Waals surface area contributed by atoms with Crippen molar-refractivity contribution in [3.8, 4) is 11.4 Å². The van der Waals surface area contributed by atoms with Gasteiger partial charge in [0.1, 0.15) is 0 Å². The maximum Gasteiger partial charge on any atom is 0.162 e. The summed E-state index contributed by atoms with van der Waals surface area (Å²) in [6.45, 7) is 5.23. The Morgan fingerprint density at radius 1 is 1.32 bits per heavy atom. The second-order valence-corrected chi connectivity index (χ2v) is 5.70. The maximum absolute atomic E-state index is 5.89. The summed E-state index contributed by atoms with van der Waals surface area (Å²) in [4.78, 5) is 8.99. The lowest BCUT2D eigenvalue weighted by atomic mass is 10.2. The van der Waals surface area contributed by atoms with E-state index in [-0.39, 0.29) is 6.29 Å². The molecule has 0 amide bonds. The lowest BCUT2D eigenvalue weighted by Crippen LogP contribution is -2.22. The number of aromatic nitrogens is 4. The van der Waals surface area contributed by atoms with Gasteiger partial charge in [-0.1, -0.05) is 0 Å². The van der Waals surface area contributed by atoms with E-state index in [2.05, 4.69) is 15.1 Å². The molecule has 0 aliphatic carbocycles. The molecule has 6 nitrogen and oxygen atoms in total. The van der Waals surface area contributed by atoms with Gasteiger partial charge in [-0.15, -0.1) is 0 Å². The zero-order valence-corrected chi connectivity index (χ0v) is 13.4. The summed E-state index contributed by atoms with van der Waals surface area (Å²) < 4.78 is 13.3. The Bertz CT molecular complexity index is 648. The van der Waals surface area contributed by atoms with Crippen LogP contribution < -0.4 is 0 Å². The van der Waals surface area contributed by atoms with Gasteiger partial charge in [-0.25, -0.2) is 9.97 Å². The Labute approximate surface area is 130 Å². The van der Waals surface area contributed by atoms with Crippen LogP contribution >= 0.6 is 0 Å². The molecule has 3 heterocycles. The van der Waals surface area contributed by atoms with E-state index in [0.717, 1.165) is 48.4 Å². The molecule has 0 spiro atoms. The summed E-state index contributed by atoms with van der Waals surface area (Å²) in [6.07, 6.45) is 6.76. The van der Waals surface area contributed by atoms with Crippen LogP contribution in [0.1, 0.15) is 36.2 Å². The van der Waals surface area contributed by atoms with Crippen LogP contribution in [-0.2, 0) is 23.1 Å². The summed E-state index contributed by atoms with van der Waals surface area (Å²) in [5, 5.41) is 4.32. The van der Waals surface area contributed by atoms with E-state index in [0.29, 0.717) is 12.4 Å². The van der Waals surface area contributed by atoms with Crippen molar-refractivity contribution in [3.05, 3.63) is 29.3 Å². The number of hydrogen-bond acceptors (Lipinski definition) is 5. The molecule has 3 rings (SSSR count). The lowest BCUT2D eigenvalue weighted by molar-refractivity contribution is -0.169. The molecule has 1 aliphatic rings. The molecule has 0 saturated carbocycles. The molecule has 118 valence electrons. The molecular weight excluding hydrogens is 280 g/mol. The second-order valence-electron chi connectivity index (χ2n) is 5.70. The topological polar surface area (TPSA) is 62.1 Å². The highest BCUT2D eigenvalue weighted by Gasteiger charge is 2.18. The molecule has 2 aromatic heterocycles. The van der Waals surface area contributed by atoms with Crippen molar-refractivity contribution in [2.75, 3.05) is 6.61 Å². The molecule has 0 N–H and O–H groups in total. The van der Waals surface area contributed by atoms with Crippen molar-refractivity contribution in [3.63, 3.8) is 0 Å². The lowest BCUT2D eigenvalue weighted by Gasteiger charge is -2.22. The molecule has 0 aromatic carbocycles. The molecule has 6 heteroatoms. The van der Waals surface area contributed by atoms with Crippen molar-refractivity contribution in [1.82, 2.24) is 19.7 Å². The third-order valence-corrected chi connectivity index (χ3v) is 4.07. The van der Waals surface area contributed by atoms with Crippen LogP contribution in [0.25, 0.3) is 11.4 Å². The van der Waals surface area contributed by atoms with Gasteiger partial charge in [-0.2, -0.15) is 5.10 Å². The fourth-order valence-corrected chi connectivity index (χ4v) is 2.49.